The number of hydrogen-bond donors (Lipinski definition) is 8. The van der Waals surface area contributed by atoms with Crippen LogP contribution in [0, 0.1) is 10.8 Å². The SMILES string of the molecule is CN[C@@H](C)C(=O)N[C@H](C(=O)N1CC(NC(=O)c2ccc(C(=O)N[C@H]3C[C@@H](C(=O)NC4c5ccccc5-c5ccccc54)N(C(=O)[C@@H](NC(=O)[C@H](C)NC)C(C)(C)C)C3)cc2)C[C@H]1C(=O)NC1c2ccccc2-c2ccccc21)C(C)(C)C.Cl.Cl. The standard InChI is InChI=1S/C64H76N10O8.2ClH/c1-35(65-9)55(75)71-53(63(3,4)5)61(81)73-33-39(31-49(73)59(79)69-51-45-23-15-11-19-41(45)42-20-12-16-24-46(42)51)67-57(77)37-27-29-38(30-28-37)58(78)68-40-32-50(74(34-40)62(82)54(64(6,7)8)72-56(76)36(2)66-10)60(80)70-52-47-25-17-13-21-43(47)44-22-14-18-26-48(44)52;;/h11-30,35-36,39-40,49-54,65-66H,31-34H2,1-10H3,(H,67,77)(H,68,78)(H,69,79)(H,70,80)(H,71,75)(H,72,76);2*1H/t35-,36-,39-,40?,49-,50-,53+,54+;;/m0../s1. The van der Waals surface area contributed by atoms with Gasteiger partial charge in [0.25, 0.3) is 11.8 Å². The molecule has 0 bridgehead atoms. The molecule has 2 saturated heterocycles. The van der Waals surface area contributed by atoms with Crippen molar-refractivity contribution in [1.29, 1.82) is 0 Å². The first-order chi connectivity index (χ1) is 39.0. The van der Waals surface area contributed by atoms with Crippen LogP contribution in [0.25, 0.3) is 22.3 Å². The second kappa shape index (κ2) is 26.1. The van der Waals surface area contributed by atoms with Crippen molar-refractivity contribution < 1.29 is 38.4 Å². The summed E-state index contributed by atoms with van der Waals surface area (Å²) in [4.78, 5) is 117. The van der Waals surface area contributed by atoms with E-state index in [4.69, 9.17) is 0 Å². The number of likely N-dealkylation sites (tertiary alicyclic amines) is 2. The number of carbonyl (C=O) groups excluding carboxylic acids is 8. The van der Waals surface area contributed by atoms with E-state index >= 15 is 0 Å². The van der Waals surface area contributed by atoms with Crippen molar-refractivity contribution in [2.24, 2.45) is 10.8 Å². The van der Waals surface area contributed by atoms with Crippen molar-refractivity contribution in [2.75, 3.05) is 27.2 Å². The zero-order chi connectivity index (χ0) is 58.9. The minimum atomic E-state index is -1.02. The highest BCUT2D eigenvalue weighted by atomic mass is 35.5. The number of nitrogens with zero attached hydrogens (tertiary/aromatic N) is 2. The van der Waals surface area contributed by atoms with Gasteiger partial charge in [0.05, 0.1) is 24.2 Å². The highest BCUT2D eigenvalue weighted by molar-refractivity contribution is 6.00. The molecule has 2 aliphatic carbocycles. The van der Waals surface area contributed by atoms with Crippen LogP contribution >= 0.6 is 24.8 Å². The lowest BCUT2D eigenvalue weighted by Gasteiger charge is -2.36. The monoisotopic (exact) mass is 1180 g/mol. The second-order valence-electron chi connectivity index (χ2n) is 24.3. The fourth-order valence-electron chi connectivity index (χ4n) is 11.7. The molecule has 5 aromatic rings. The van der Waals surface area contributed by atoms with Crippen LogP contribution in [0.3, 0.4) is 0 Å². The molecule has 446 valence electrons. The van der Waals surface area contributed by atoms with Crippen LogP contribution in [0.15, 0.2) is 121 Å². The predicted molar refractivity (Wildman–Crippen MR) is 327 cm³/mol. The van der Waals surface area contributed by atoms with Gasteiger partial charge >= 0.3 is 0 Å². The van der Waals surface area contributed by atoms with Gasteiger partial charge in [-0.3, -0.25) is 38.4 Å². The summed E-state index contributed by atoms with van der Waals surface area (Å²) in [6, 6.07) is 29.9. The molecule has 2 aliphatic heterocycles. The van der Waals surface area contributed by atoms with Crippen molar-refractivity contribution in [1.82, 2.24) is 52.3 Å². The third kappa shape index (κ3) is 13.2. The molecule has 84 heavy (non-hydrogen) atoms. The van der Waals surface area contributed by atoms with Crippen LogP contribution in [0.5, 0.6) is 0 Å². The number of halogens is 2. The van der Waals surface area contributed by atoms with Gasteiger partial charge in [-0.15, -0.1) is 24.8 Å². The van der Waals surface area contributed by atoms with E-state index < -0.39 is 107 Å². The normalized spacial score (nSPS) is 19.3. The predicted octanol–water partition coefficient (Wildman–Crippen LogP) is 5.98. The number of nitrogens with one attached hydrogen (secondary N) is 8. The van der Waals surface area contributed by atoms with Crippen LogP contribution in [0.1, 0.15) is 123 Å². The fraction of sp³-hybridized carbons (Fsp3) is 0.406. The van der Waals surface area contributed by atoms with Gasteiger partial charge in [0.2, 0.25) is 35.4 Å². The minimum Gasteiger partial charge on any atom is -0.347 e. The molecule has 8 atom stereocenters. The summed E-state index contributed by atoms with van der Waals surface area (Å²) in [7, 11) is 3.30. The quantitative estimate of drug-likeness (QED) is 0.0575. The molecule has 0 radical (unpaired) electrons. The van der Waals surface area contributed by atoms with Crippen LogP contribution in [-0.4, -0.2) is 133 Å². The molecule has 4 aliphatic rings. The van der Waals surface area contributed by atoms with Gasteiger partial charge in [-0.25, -0.2) is 0 Å². The molecule has 5 aromatic carbocycles. The van der Waals surface area contributed by atoms with E-state index in [0.29, 0.717) is 0 Å². The average Bonchev–Trinajstić information content (AvgIpc) is 2.18. The lowest BCUT2D eigenvalue weighted by Crippen LogP contribution is -2.59. The Labute approximate surface area is 504 Å². The molecule has 18 nitrogen and oxygen atoms in total. The maximum Gasteiger partial charge on any atom is 0.251 e. The number of hydrogen-bond acceptors (Lipinski definition) is 10. The maximum atomic E-state index is 14.8. The van der Waals surface area contributed by atoms with Gasteiger partial charge in [0, 0.05) is 36.3 Å². The summed E-state index contributed by atoms with van der Waals surface area (Å²) < 4.78 is 0. The number of carbonyl (C=O) groups is 8. The second-order valence-corrected chi connectivity index (χ2v) is 24.3. The van der Waals surface area contributed by atoms with Crippen molar-refractivity contribution >= 4 is 72.1 Å². The molecular weight excluding hydrogens is 1110 g/mol. The largest absolute Gasteiger partial charge is 0.347 e. The molecule has 8 amide bonds. The summed E-state index contributed by atoms with van der Waals surface area (Å²) >= 11 is 0. The molecule has 0 aromatic heterocycles. The van der Waals surface area contributed by atoms with Crippen molar-refractivity contribution in [3.05, 3.63) is 155 Å². The lowest BCUT2D eigenvalue weighted by molar-refractivity contribution is -0.144. The molecule has 9 rings (SSSR count). The Morgan fingerprint density at radius 3 is 1.00 bits per heavy atom. The maximum absolute atomic E-state index is 14.8. The molecule has 0 saturated carbocycles. The number of fused-ring (bicyclic) bond motifs is 6. The molecule has 2 fully saturated rings. The Hall–Kier alpha value is -7.64. The van der Waals surface area contributed by atoms with E-state index in [0.717, 1.165) is 44.5 Å². The Morgan fingerprint density at radius 1 is 0.440 bits per heavy atom. The van der Waals surface area contributed by atoms with E-state index in [1.54, 1.807) is 27.9 Å². The molecule has 20 heteroatoms. The van der Waals surface area contributed by atoms with Crippen molar-refractivity contribution in [3.63, 3.8) is 0 Å². The lowest BCUT2D eigenvalue weighted by atomic mass is 9.85. The molecule has 2 heterocycles. The van der Waals surface area contributed by atoms with Gasteiger partial charge in [-0.05, 0) is 120 Å². The number of benzene rings is 5. The topological polar surface area (TPSA) is 239 Å². The third-order valence-electron chi connectivity index (χ3n) is 16.5. The van der Waals surface area contributed by atoms with Crippen LogP contribution in [0.2, 0.25) is 0 Å². The van der Waals surface area contributed by atoms with Crippen LogP contribution in [-0.2, 0) is 28.8 Å². The van der Waals surface area contributed by atoms with E-state index in [9.17, 15) is 38.4 Å². The first kappa shape index (κ1) is 63.9. The van der Waals surface area contributed by atoms with E-state index in [1.807, 2.05) is 139 Å². The molecular formula is C64H78Cl2N10O8. The van der Waals surface area contributed by atoms with Crippen LogP contribution < -0.4 is 42.5 Å². The van der Waals surface area contributed by atoms with E-state index in [2.05, 4.69) is 42.5 Å². The van der Waals surface area contributed by atoms with E-state index in [-0.39, 0.29) is 73.7 Å². The average molecular weight is 1190 g/mol. The highest BCUT2D eigenvalue weighted by Gasteiger charge is 2.48. The summed E-state index contributed by atoms with van der Waals surface area (Å²) in [5.74, 6) is -3.50. The number of likely N-dealkylation sites (N-methyl/N-ethyl adjacent to an activating group) is 2. The molecule has 1 unspecified atom stereocenters. The van der Waals surface area contributed by atoms with Crippen LogP contribution in [0.4, 0.5) is 0 Å². The summed E-state index contributed by atoms with van der Waals surface area (Å²) in [6.45, 7) is 14.4. The first-order valence-corrected chi connectivity index (χ1v) is 28.2. The minimum absolute atomic E-state index is 0. The van der Waals surface area contributed by atoms with Gasteiger partial charge in [0.15, 0.2) is 0 Å². The fourth-order valence-corrected chi connectivity index (χ4v) is 11.7. The first-order valence-electron chi connectivity index (χ1n) is 28.2. The van der Waals surface area contributed by atoms with Gasteiger partial charge in [0.1, 0.15) is 24.2 Å². The smallest absolute Gasteiger partial charge is 0.251 e. The zero-order valence-corrected chi connectivity index (χ0v) is 50.8. The van der Waals surface area contributed by atoms with Crippen molar-refractivity contribution in [2.45, 2.75) is 129 Å². The summed E-state index contributed by atoms with van der Waals surface area (Å²) in [5.41, 5.74) is 6.61. The molecule has 8 N–H and O–H groups in total. The Bertz CT molecular complexity index is 3000. The summed E-state index contributed by atoms with van der Waals surface area (Å²) in [6.07, 6.45) is 0.160. The Balaban J connectivity index is 0.00000506. The zero-order valence-electron chi connectivity index (χ0n) is 49.1. The van der Waals surface area contributed by atoms with Gasteiger partial charge in [-0.1, -0.05) is 139 Å². The van der Waals surface area contributed by atoms with Crippen molar-refractivity contribution in [3.8, 4) is 22.3 Å². The number of amides is 8. The Morgan fingerprint density at radius 2 is 0.726 bits per heavy atom. The molecule has 0 spiro atoms. The highest BCUT2D eigenvalue weighted by Crippen LogP contribution is 2.45. The Kier molecular flexibility index (Phi) is 19.9. The van der Waals surface area contributed by atoms with Gasteiger partial charge < -0.3 is 52.3 Å². The van der Waals surface area contributed by atoms with E-state index in [1.165, 1.54) is 34.1 Å². The number of rotatable bonds is 16. The van der Waals surface area contributed by atoms with Gasteiger partial charge in [-0.2, -0.15) is 0 Å². The third-order valence-corrected chi connectivity index (χ3v) is 16.5. The summed E-state index contributed by atoms with van der Waals surface area (Å²) in [5, 5.41) is 24.2.